The third kappa shape index (κ3) is 5.96. The summed E-state index contributed by atoms with van der Waals surface area (Å²) in [4.78, 5) is 5.56. The molecule has 1 fully saturated rings. The molecule has 1 saturated heterocycles. The zero-order chi connectivity index (χ0) is 19.2. The van der Waals surface area contributed by atoms with Crippen LogP contribution in [0.1, 0.15) is 52.3 Å². The molecule has 0 saturated carbocycles. The van der Waals surface area contributed by atoms with Gasteiger partial charge in [0.1, 0.15) is 5.60 Å². The maximum Gasteiger partial charge on any atom is 0.191 e. The third-order valence-electron chi connectivity index (χ3n) is 4.77. The second kappa shape index (κ2) is 9.20. The first-order valence-electron chi connectivity index (χ1n) is 9.64. The van der Waals surface area contributed by atoms with Crippen LogP contribution in [-0.2, 0) is 10.3 Å². The van der Waals surface area contributed by atoms with Gasteiger partial charge in [0.2, 0.25) is 0 Å². The number of ether oxygens (including phenoxy) is 1. The van der Waals surface area contributed by atoms with Crippen LogP contribution >= 0.6 is 11.3 Å². The van der Waals surface area contributed by atoms with Crippen LogP contribution in [0.15, 0.2) is 22.5 Å². The summed E-state index contributed by atoms with van der Waals surface area (Å²) >= 11 is 1.56. The van der Waals surface area contributed by atoms with Gasteiger partial charge in [0.15, 0.2) is 5.96 Å². The molecule has 6 heteroatoms. The highest BCUT2D eigenvalue weighted by Gasteiger charge is 2.35. The van der Waals surface area contributed by atoms with Crippen molar-refractivity contribution < 1.29 is 9.84 Å². The molecule has 148 valence electrons. The molecular weight excluding hydrogens is 346 g/mol. The molecule has 0 bridgehead atoms. The number of thiophene rings is 1. The molecule has 0 aliphatic carbocycles. The van der Waals surface area contributed by atoms with Crippen molar-refractivity contribution in [1.29, 1.82) is 0 Å². The van der Waals surface area contributed by atoms with Crippen LogP contribution in [0.5, 0.6) is 0 Å². The minimum atomic E-state index is -0.946. The van der Waals surface area contributed by atoms with Crippen molar-refractivity contribution in [3.05, 3.63) is 22.4 Å². The van der Waals surface area contributed by atoms with E-state index in [0.717, 1.165) is 37.0 Å². The summed E-state index contributed by atoms with van der Waals surface area (Å²) in [6.45, 7) is 13.4. The van der Waals surface area contributed by atoms with Gasteiger partial charge < -0.3 is 20.5 Å². The molecule has 26 heavy (non-hydrogen) atoms. The molecule has 0 aromatic carbocycles. The van der Waals surface area contributed by atoms with Crippen molar-refractivity contribution in [3.8, 4) is 0 Å². The highest BCUT2D eigenvalue weighted by Crippen LogP contribution is 2.33. The number of hydrogen-bond donors (Lipinski definition) is 3. The van der Waals surface area contributed by atoms with Crippen molar-refractivity contribution in [2.75, 3.05) is 26.2 Å². The monoisotopic (exact) mass is 381 g/mol. The molecule has 5 nitrogen and oxygen atoms in total. The highest BCUT2D eigenvalue weighted by atomic mass is 32.1. The van der Waals surface area contributed by atoms with Gasteiger partial charge in [-0.1, -0.05) is 26.8 Å². The number of hydrogen-bond acceptors (Lipinski definition) is 4. The lowest BCUT2D eigenvalue weighted by molar-refractivity contribution is -0.0835. The van der Waals surface area contributed by atoms with Crippen molar-refractivity contribution in [3.63, 3.8) is 0 Å². The molecule has 0 amide bonds. The zero-order valence-electron chi connectivity index (χ0n) is 16.8. The first-order valence-corrected chi connectivity index (χ1v) is 10.5. The van der Waals surface area contributed by atoms with Gasteiger partial charge in [0.25, 0.3) is 0 Å². The molecule has 0 radical (unpaired) electrons. The van der Waals surface area contributed by atoms with Gasteiger partial charge in [-0.25, -0.2) is 4.99 Å². The van der Waals surface area contributed by atoms with Crippen LogP contribution in [0.25, 0.3) is 0 Å². The predicted molar refractivity (Wildman–Crippen MR) is 110 cm³/mol. The van der Waals surface area contributed by atoms with Gasteiger partial charge in [0.05, 0.1) is 12.6 Å². The molecule has 1 aliphatic heterocycles. The molecular formula is C20H35N3O2S. The molecule has 1 aromatic heterocycles. The molecule has 3 unspecified atom stereocenters. The summed E-state index contributed by atoms with van der Waals surface area (Å²) in [5.41, 5.74) is -0.816. The van der Waals surface area contributed by atoms with Crippen molar-refractivity contribution in [1.82, 2.24) is 10.6 Å². The third-order valence-corrected chi connectivity index (χ3v) is 5.89. The number of aliphatic hydroxyl groups is 1. The van der Waals surface area contributed by atoms with E-state index in [9.17, 15) is 5.11 Å². The standard InChI is InChI=1S/C20H35N3O2S/c1-6-21-18(23-14-20(5,24)16-10-8-12-26-16)22-13-15-9-7-11-25-17(15)19(2,3)4/h8,10,12,15,17,24H,6-7,9,11,13-14H2,1-5H3,(H2,21,22,23). The topological polar surface area (TPSA) is 65.9 Å². The van der Waals surface area contributed by atoms with Gasteiger partial charge >= 0.3 is 0 Å². The van der Waals surface area contributed by atoms with Crippen molar-refractivity contribution >= 4 is 17.3 Å². The van der Waals surface area contributed by atoms with Crippen molar-refractivity contribution in [2.24, 2.45) is 16.3 Å². The Labute approximate surface area is 162 Å². The van der Waals surface area contributed by atoms with Gasteiger partial charge in [-0.2, -0.15) is 0 Å². The van der Waals surface area contributed by atoms with E-state index in [1.165, 1.54) is 6.42 Å². The molecule has 3 atom stereocenters. The minimum Gasteiger partial charge on any atom is -0.383 e. The lowest BCUT2D eigenvalue weighted by Crippen LogP contribution is -2.47. The first kappa shape index (κ1) is 21.2. The van der Waals surface area contributed by atoms with Gasteiger partial charge in [-0.15, -0.1) is 11.3 Å². The normalized spacial score (nSPS) is 24.2. The van der Waals surface area contributed by atoms with Gasteiger partial charge in [-0.3, -0.25) is 0 Å². The van der Waals surface area contributed by atoms with E-state index in [0.29, 0.717) is 12.5 Å². The second-order valence-electron chi connectivity index (χ2n) is 8.39. The van der Waals surface area contributed by atoms with Crippen LogP contribution in [0.2, 0.25) is 0 Å². The Hall–Kier alpha value is -1.11. The fraction of sp³-hybridized carbons (Fsp3) is 0.750. The Morgan fingerprint density at radius 3 is 2.73 bits per heavy atom. The number of nitrogens with zero attached hydrogens (tertiary/aromatic N) is 1. The van der Waals surface area contributed by atoms with E-state index in [4.69, 9.17) is 4.74 Å². The molecule has 0 spiro atoms. The minimum absolute atomic E-state index is 0.130. The van der Waals surface area contributed by atoms with E-state index in [-0.39, 0.29) is 11.5 Å². The Balaban J connectivity index is 1.98. The maximum absolute atomic E-state index is 10.7. The predicted octanol–water partition coefficient (Wildman–Crippen LogP) is 3.35. The summed E-state index contributed by atoms with van der Waals surface area (Å²) in [5, 5.41) is 19.4. The second-order valence-corrected chi connectivity index (χ2v) is 9.33. The zero-order valence-corrected chi connectivity index (χ0v) is 17.7. The van der Waals surface area contributed by atoms with E-state index in [1.807, 2.05) is 24.4 Å². The smallest absolute Gasteiger partial charge is 0.191 e. The Bertz CT molecular complexity index is 564. The number of nitrogens with one attached hydrogen (secondary N) is 2. The van der Waals surface area contributed by atoms with Crippen molar-refractivity contribution in [2.45, 2.75) is 59.2 Å². The van der Waals surface area contributed by atoms with Crippen LogP contribution in [0, 0.1) is 11.3 Å². The Kier molecular flexibility index (Phi) is 7.50. The van der Waals surface area contributed by atoms with E-state index >= 15 is 0 Å². The summed E-state index contributed by atoms with van der Waals surface area (Å²) in [7, 11) is 0. The van der Waals surface area contributed by atoms with Crippen LogP contribution in [-0.4, -0.2) is 43.4 Å². The van der Waals surface area contributed by atoms with Crippen LogP contribution in [0.3, 0.4) is 0 Å². The molecule has 1 aliphatic rings. The summed E-state index contributed by atoms with van der Waals surface area (Å²) in [6, 6.07) is 3.91. The quantitative estimate of drug-likeness (QED) is 0.522. The largest absolute Gasteiger partial charge is 0.383 e. The van der Waals surface area contributed by atoms with E-state index < -0.39 is 5.60 Å². The Morgan fingerprint density at radius 1 is 1.35 bits per heavy atom. The van der Waals surface area contributed by atoms with Crippen LogP contribution in [0.4, 0.5) is 0 Å². The van der Waals surface area contributed by atoms with Gasteiger partial charge in [0, 0.05) is 30.5 Å². The number of rotatable bonds is 6. The average molecular weight is 382 g/mol. The molecule has 2 rings (SSSR count). The number of aliphatic imine (C=N–C) groups is 1. The summed E-state index contributed by atoms with van der Waals surface area (Å²) in [5.74, 6) is 1.22. The molecule has 1 aromatic rings. The lowest BCUT2D eigenvalue weighted by atomic mass is 9.78. The Morgan fingerprint density at radius 2 is 2.12 bits per heavy atom. The lowest BCUT2D eigenvalue weighted by Gasteiger charge is -2.40. The van der Waals surface area contributed by atoms with E-state index in [2.05, 4.69) is 43.3 Å². The first-order chi connectivity index (χ1) is 12.2. The van der Waals surface area contributed by atoms with E-state index in [1.54, 1.807) is 11.3 Å². The molecule has 3 N–H and O–H groups in total. The van der Waals surface area contributed by atoms with Gasteiger partial charge in [-0.05, 0) is 43.6 Å². The summed E-state index contributed by atoms with van der Waals surface area (Å²) < 4.78 is 6.07. The SMILES string of the molecule is CCNC(=NCC(C)(O)c1cccs1)NCC1CCCOC1C(C)(C)C. The maximum atomic E-state index is 10.7. The molecule has 2 heterocycles. The van der Waals surface area contributed by atoms with Crippen LogP contribution < -0.4 is 10.6 Å². The fourth-order valence-corrected chi connectivity index (χ4v) is 4.25. The number of guanidine groups is 1. The fourth-order valence-electron chi connectivity index (χ4n) is 3.47. The highest BCUT2D eigenvalue weighted by molar-refractivity contribution is 7.10. The average Bonchev–Trinajstić information content (AvgIpc) is 3.12. The summed E-state index contributed by atoms with van der Waals surface area (Å²) in [6.07, 6.45) is 2.53.